The molecule has 26 heavy (non-hydrogen) atoms. The van der Waals surface area contributed by atoms with E-state index in [9.17, 15) is 0 Å². The molecule has 0 aliphatic rings. The van der Waals surface area contributed by atoms with E-state index >= 15 is 0 Å². The molecule has 0 saturated carbocycles. The van der Waals surface area contributed by atoms with Gasteiger partial charge in [-0.25, -0.2) is 0 Å². The first kappa shape index (κ1) is 17.7. The van der Waals surface area contributed by atoms with Crippen molar-refractivity contribution in [3.63, 3.8) is 0 Å². The first-order valence-electron chi connectivity index (χ1n) is 8.39. The van der Waals surface area contributed by atoms with E-state index in [1.807, 2.05) is 72.8 Å². The van der Waals surface area contributed by atoms with Gasteiger partial charge in [-0.2, -0.15) is 0 Å². The van der Waals surface area contributed by atoms with E-state index in [1.54, 1.807) is 14.2 Å². The zero-order valence-electron chi connectivity index (χ0n) is 15.0. The third-order valence-corrected chi connectivity index (χ3v) is 3.95. The summed E-state index contributed by atoms with van der Waals surface area (Å²) in [4.78, 5) is 0. The lowest BCUT2D eigenvalue weighted by atomic mass is 10.1. The van der Waals surface area contributed by atoms with Crippen molar-refractivity contribution in [1.29, 1.82) is 0 Å². The minimum atomic E-state index is 0.480. The minimum absolute atomic E-state index is 0.480. The smallest absolute Gasteiger partial charge is 0.161 e. The molecule has 0 atom stereocenters. The van der Waals surface area contributed by atoms with Crippen molar-refractivity contribution in [2.24, 2.45) is 0 Å². The van der Waals surface area contributed by atoms with Gasteiger partial charge in [-0.1, -0.05) is 48.5 Å². The molecule has 0 unspecified atom stereocenters. The van der Waals surface area contributed by atoms with E-state index in [-0.39, 0.29) is 0 Å². The maximum atomic E-state index is 5.84. The van der Waals surface area contributed by atoms with Crippen LogP contribution in [0.3, 0.4) is 0 Å². The number of ether oxygens (including phenoxy) is 4. The highest BCUT2D eigenvalue weighted by Crippen LogP contribution is 2.28. The van der Waals surface area contributed by atoms with Gasteiger partial charge in [0.25, 0.3) is 0 Å². The standard InChI is InChI=1S/C22H22O4/c1-23-19-7-3-5-9-21(19)25-15-17-11-13-18(14-12-17)16-26-22-10-6-4-8-20(22)24-2/h3-14H,15-16H2,1-2H3. The number of hydrogen-bond donors (Lipinski definition) is 0. The van der Waals surface area contributed by atoms with Crippen LogP contribution in [0.5, 0.6) is 23.0 Å². The summed E-state index contributed by atoms with van der Waals surface area (Å²) < 4.78 is 22.3. The van der Waals surface area contributed by atoms with Gasteiger partial charge in [-0.3, -0.25) is 0 Å². The topological polar surface area (TPSA) is 36.9 Å². The van der Waals surface area contributed by atoms with E-state index in [1.165, 1.54) is 0 Å². The summed E-state index contributed by atoms with van der Waals surface area (Å²) in [5.41, 5.74) is 2.16. The second kappa shape index (κ2) is 8.81. The molecule has 4 heteroatoms. The predicted molar refractivity (Wildman–Crippen MR) is 101 cm³/mol. The summed E-state index contributed by atoms with van der Waals surface area (Å²) in [5, 5.41) is 0. The van der Waals surface area contributed by atoms with Crippen LogP contribution < -0.4 is 18.9 Å². The van der Waals surface area contributed by atoms with E-state index in [2.05, 4.69) is 0 Å². The SMILES string of the molecule is COc1ccccc1OCc1ccc(COc2ccccc2OC)cc1. The summed E-state index contributed by atoms with van der Waals surface area (Å²) in [7, 11) is 3.28. The molecule has 4 nitrogen and oxygen atoms in total. The quantitative estimate of drug-likeness (QED) is 0.581. The summed E-state index contributed by atoms with van der Waals surface area (Å²) in [5.74, 6) is 2.93. The Morgan fingerprint density at radius 1 is 0.500 bits per heavy atom. The Bertz CT molecular complexity index is 757. The molecule has 3 rings (SSSR count). The normalized spacial score (nSPS) is 10.2. The Morgan fingerprint density at radius 2 is 0.846 bits per heavy atom. The predicted octanol–water partition coefficient (Wildman–Crippen LogP) is 4.86. The molecule has 0 fully saturated rings. The average Bonchev–Trinajstić information content (AvgIpc) is 2.72. The molecule has 0 saturated heterocycles. The van der Waals surface area contributed by atoms with Gasteiger partial charge < -0.3 is 18.9 Å². The summed E-state index contributed by atoms with van der Waals surface area (Å²) >= 11 is 0. The maximum absolute atomic E-state index is 5.84. The summed E-state index contributed by atoms with van der Waals surface area (Å²) in [6.45, 7) is 0.960. The number of hydrogen-bond acceptors (Lipinski definition) is 4. The molecule has 0 spiro atoms. The Labute approximate surface area is 153 Å². The van der Waals surface area contributed by atoms with Gasteiger partial charge in [-0.05, 0) is 35.4 Å². The molecular formula is C22H22O4. The first-order valence-corrected chi connectivity index (χ1v) is 8.39. The molecular weight excluding hydrogens is 328 g/mol. The fourth-order valence-corrected chi connectivity index (χ4v) is 2.53. The molecule has 0 aromatic heterocycles. The van der Waals surface area contributed by atoms with Crippen molar-refractivity contribution in [2.75, 3.05) is 14.2 Å². The molecule has 0 aliphatic carbocycles. The van der Waals surface area contributed by atoms with Gasteiger partial charge in [0, 0.05) is 0 Å². The second-order valence-electron chi connectivity index (χ2n) is 5.70. The van der Waals surface area contributed by atoms with E-state index in [0.29, 0.717) is 13.2 Å². The van der Waals surface area contributed by atoms with Crippen LogP contribution in [0.25, 0.3) is 0 Å². The largest absolute Gasteiger partial charge is 0.493 e. The highest BCUT2D eigenvalue weighted by molar-refractivity contribution is 5.40. The molecule has 0 N–H and O–H groups in total. The zero-order chi connectivity index (χ0) is 18.2. The van der Waals surface area contributed by atoms with Gasteiger partial charge in [0.1, 0.15) is 13.2 Å². The van der Waals surface area contributed by atoms with Crippen LogP contribution in [0.4, 0.5) is 0 Å². The second-order valence-corrected chi connectivity index (χ2v) is 5.70. The van der Waals surface area contributed by atoms with Crippen LogP contribution in [0, 0.1) is 0 Å². The molecule has 0 heterocycles. The van der Waals surface area contributed by atoms with Crippen molar-refractivity contribution >= 4 is 0 Å². The van der Waals surface area contributed by atoms with Gasteiger partial charge in [-0.15, -0.1) is 0 Å². The van der Waals surface area contributed by atoms with Gasteiger partial charge in [0.05, 0.1) is 14.2 Å². The number of para-hydroxylation sites is 4. The molecule has 134 valence electrons. The van der Waals surface area contributed by atoms with Crippen molar-refractivity contribution in [2.45, 2.75) is 13.2 Å². The molecule has 0 aliphatic heterocycles. The van der Waals surface area contributed by atoms with Crippen LogP contribution in [0.2, 0.25) is 0 Å². The highest BCUT2D eigenvalue weighted by atomic mass is 16.5. The summed E-state index contributed by atoms with van der Waals surface area (Å²) in [6.07, 6.45) is 0. The fourth-order valence-electron chi connectivity index (χ4n) is 2.53. The molecule has 0 amide bonds. The summed E-state index contributed by atoms with van der Waals surface area (Å²) in [6, 6.07) is 23.4. The van der Waals surface area contributed by atoms with Crippen LogP contribution >= 0.6 is 0 Å². The van der Waals surface area contributed by atoms with Crippen molar-refractivity contribution in [3.8, 4) is 23.0 Å². The van der Waals surface area contributed by atoms with Crippen LogP contribution in [-0.4, -0.2) is 14.2 Å². The van der Waals surface area contributed by atoms with Crippen molar-refractivity contribution < 1.29 is 18.9 Å². The maximum Gasteiger partial charge on any atom is 0.161 e. The number of methoxy groups -OCH3 is 2. The van der Waals surface area contributed by atoms with E-state index in [4.69, 9.17) is 18.9 Å². The van der Waals surface area contributed by atoms with Gasteiger partial charge >= 0.3 is 0 Å². The Balaban J connectivity index is 1.56. The third-order valence-electron chi connectivity index (χ3n) is 3.95. The minimum Gasteiger partial charge on any atom is -0.493 e. The molecule has 0 bridgehead atoms. The molecule has 0 radical (unpaired) electrons. The van der Waals surface area contributed by atoms with Gasteiger partial charge in [0.2, 0.25) is 0 Å². The Kier molecular flexibility index (Phi) is 5.99. The zero-order valence-corrected chi connectivity index (χ0v) is 15.0. The number of rotatable bonds is 8. The fraction of sp³-hybridized carbons (Fsp3) is 0.182. The Morgan fingerprint density at radius 3 is 1.19 bits per heavy atom. The highest BCUT2D eigenvalue weighted by Gasteiger charge is 2.05. The monoisotopic (exact) mass is 350 g/mol. The van der Waals surface area contributed by atoms with Crippen molar-refractivity contribution in [3.05, 3.63) is 83.9 Å². The molecule has 3 aromatic carbocycles. The van der Waals surface area contributed by atoms with Crippen LogP contribution in [-0.2, 0) is 13.2 Å². The Hall–Kier alpha value is -3.14. The average molecular weight is 350 g/mol. The lowest BCUT2D eigenvalue weighted by Crippen LogP contribution is -2.00. The third kappa shape index (κ3) is 4.48. The lowest BCUT2D eigenvalue weighted by molar-refractivity contribution is 0.282. The lowest BCUT2D eigenvalue weighted by Gasteiger charge is -2.12. The van der Waals surface area contributed by atoms with Crippen LogP contribution in [0.15, 0.2) is 72.8 Å². The number of benzene rings is 3. The first-order chi connectivity index (χ1) is 12.8. The van der Waals surface area contributed by atoms with Crippen molar-refractivity contribution in [1.82, 2.24) is 0 Å². The van der Waals surface area contributed by atoms with E-state index in [0.717, 1.165) is 34.1 Å². The van der Waals surface area contributed by atoms with E-state index < -0.39 is 0 Å². The van der Waals surface area contributed by atoms with Crippen LogP contribution in [0.1, 0.15) is 11.1 Å². The van der Waals surface area contributed by atoms with Gasteiger partial charge in [0.15, 0.2) is 23.0 Å². The molecule has 3 aromatic rings.